The Labute approximate surface area is 78.0 Å². The first-order chi connectivity index (χ1) is 6.36. The number of nitrogens with zero attached hydrogens (tertiary/aromatic N) is 1. The Kier molecular flexibility index (Phi) is 4.05. The van der Waals surface area contributed by atoms with Crippen molar-refractivity contribution in [2.75, 3.05) is 30.8 Å². The van der Waals surface area contributed by atoms with Gasteiger partial charge in [-0.05, 0) is 12.5 Å². The molecule has 0 spiro atoms. The summed E-state index contributed by atoms with van der Waals surface area (Å²) in [4.78, 5) is 4.09. The number of hydrogen-bond acceptors (Lipinski definition) is 4. The first kappa shape index (κ1) is 9.80. The minimum atomic E-state index is 0.219. The lowest BCUT2D eigenvalue weighted by atomic mass is 10.3. The highest BCUT2D eigenvalue weighted by Crippen LogP contribution is 2.10. The zero-order chi connectivity index (χ0) is 9.52. The van der Waals surface area contributed by atoms with E-state index in [0.29, 0.717) is 0 Å². The van der Waals surface area contributed by atoms with Gasteiger partial charge in [0.2, 0.25) is 0 Å². The summed E-state index contributed by atoms with van der Waals surface area (Å²) in [5.41, 5.74) is 1.02. The minimum absolute atomic E-state index is 0.219. The molecule has 1 rings (SSSR count). The summed E-state index contributed by atoms with van der Waals surface area (Å²) < 4.78 is 0. The van der Waals surface area contributed by atoms with Gasteiger partial charge in [-0.1, -0.05) is 0 Å². The van der Waals surface area contributed by atoms with Crippen molar-refractivity contribution < 1.29 is 5.11 Å². The van der Waals surface area contributed by atoms with Gasteiger partial charge in [0, 0.05) is 38.1 Å². The highest BCUT2D eigenvalue weighted by Gasteiger charge is 1.93. The Bertz CT molecular complexity index is 252. The molecule has 0 aliphatic carbocycles. The van der Waals surface area contributed by atoms with Crippen LogP contribution in [0.1, 0.15) is 6.42 Å². The second-order valence-corrected chi connectivity index (χ2v) is 2.68. The number of aliphatic hydroxyl groups excluding tert-OH is 1. The molecule has 0 fully saturated rings. The van der Waals surface area contributed by atoms with Crippen LogP contribution in [0, 0.1) is 0 Å². The molecule has 1 aromatic rings. The summed E-state index contributed by atoms with van der Waals surface area (Å²) in [6.45, 7) is 1.00. The van der Waals surface area contributed by atoms with Gasteiger partial charge in [0.1, 0.15) is 5.82 Å². The van der Waals surface area contributed by atoms with Crippen LogP contribution < -0.4 is 10.6 Å². The fraction of sp³-hybridized carbons (Fsp3) is 0.444. The SMILES string of the molecule is CNc1cc(NCCCO)ccn1. The van der Waals surface area contributed by atoms with Crippen molar-refractivity contribution in [2.45, 2.75) is 6.42 Å². The maximum Gasteiger partial charge on any atom is 0.127 e. The minimum Gasteiger partial charge on any atom is -0.396 e. The molecule has 4 nitrogen and oxygen atoms in total. The molecular formula is C9H15N3O. The second-order valence-electron chi connectivity index (χ2n) is 2.68. The molecular weight excluding hydrogens is 166 g/mol. The van der Waals surface area contributed by atoms with Crippen LogP contribution in [0.15, 0.2) is 18.3 Å². The molecule has 13 heavy (non-hydrogen) atoms. The summed E-state index contributed by atoms with van der Waals surface area (Å²) in [5.74, 6) is 0.842. The molecule has 3 N–H and O–H groups in total. The van der Waals surface area contributed by atoms with Gasteiger partial charge in [0.05, 0.1) is 0 Å². The Morgan fingerprint density at radius 1 is 1.54 bits per heavy atom. The van der Waals surface area contributed by atoms with Crippen molar-refractivity contribution in [1.82, 2.24) is 4.98 Å². The van der Waals surface area contributed by atoms with Gasteiger partial charge in [-0.3, -0.25) is 0 Å². The van der Waals surface area contributed by atoms with Crippen LogP contribution in [0.25, 0.3) is 0 Å². The Morgan fingerprint density at radius 2 is 2.38 bits per heavy atom. The van der Waals surface area contributed by atoms with E-state index in [0.717, 1.165) is 24.5 Å². The van der Waals surface area contributed by atoms with Gasteiger partial charge in [-0.15, -0.1) is 0 Å². The number of anilines is 2. The van der Waals surface area contributed by atoms with Crippen LogP contribution in [0.4, 0.5) is 11.5 Å². The third-order valence-corrected chi connectivity index (χ3v) is 1.68. The molecule has 0 saturated heterocycles. The van der Waals surface area contributed by atoms with E-state index >= 15 is 0 Å². The van der Waals surface area contributed by atoms with E-state index in [2.05, 4.69) is 15.6 Å². The van der Waals surface area contributed by atoms with Crippen LogP contribution in [-0.4, -0.2) is 30.3 Å². The summed E-state index contributed by atoms with van der Waals surface area (Å²) in [6, 6.07) is 3.83. The summed E-state index contributed by atoms with van der Waals surface area (Å²) in [7, 11) is 1.83. The van der Waals surface area contributed by atoms with E-state index in [1.807, 2.05) is 19.2 Å². The lowest BCUT2D eigenvalue weighted by Gasteiger charge is -2.06. The van der Waals surface area contributed by atoms with Crippen LogP contribution in [0.2, 0.25) is 0 Å². The van der Waals surface area contributed by atoms with Crippen molar-refractivity contribution >= 4 is 11.5 Å². The molecule has 0 unspecified atom stereocenters. The number of nitrogens with one attached hydrogen (secondary N) is 2. The number of pyridine rings is 1. The highest BCUT2D eigenvalue weighted by atomic mass is 16.3. The highest BCUT2D eigenvalue weighted by molar-refractivity contribution is 5.51. The molecule has 1 aromatic heterocycles. The molecule has 0 amide bonds. The Balaban J connectivity index is 2.46. The zero-order valence-corrected chi connectivity index (χ0v) is 7.75. The third kappa shape index (κ3) is 3.29. The Morgan fingerprint density at radius 3 is 3.08 bits per heavy atom. The topological polar surface area (TPSA) is 57.2 Å². The first-order valence-electron chi connectivity index (χ1n) is 4.35. The van der Waals surface area contributed by atoms with Gasteiger partial charge in [0.25, 0.3) is 0 Å². The maximum atomic E-state index is 8.58. The van der Waals surface area contributed by atoms with Crippen molar-refractivity contribution in [3.05, 3.63) is 18.3 Å². The molecule has 0 aromatic carbocycles. The fourth-order valence-electron chi connectivity index (χ4n) is 0.989. The lowest BCUT2D eigenvalue weighted by Crippen LogP contribution is -2.04. The molecule has 0 saturated carbocycles. The average molecular weight is 181 g/mol. The zero-order valence-electron chi connectivity index (χ0n) is 7.75. The van der Waals surface area contributed by atoms with E-state index in [4.69, 9.17) is 5.11 Å². The van der Waals surface area contributed by atoms with E-state index in [-0.39, 0.29) is 6.61 Å². The standard InChI is InChI=1S/C9H15N3O/c1-10-9-7-8(3-5-12-9)11-4-2-6-13/h3,5,7,13H,2,4,6H2,1H3,(H2,10,11,12). The molecule has 0 atom stereocenters. The average Bonchev–Trinajstić information content (AvgIpc) is 2.19. The fourth-order valence-corrected chi connectivity index (χ4v) is 0.989. The molecule has 4 heteroatoms. The van der Waals surface area contributed by atoms with E-state index in [9.17, 15) is 0 Å². The molecule has 0 bridgehead atoms. The molecule has 1 heterocycles. The van der Waals surface area contributed by atoms with Gasteiger partial charge < -0.3 is 15.7 Å². The quantitative estimate of drug-likeness (QED) is 0.591. The van der Waals surface area contributed by atoms with Crippen LogP contribution in [-0.2, 0) is 0 Å². The summed E-state index contributed by atoms with van der Waals surface area (Å²) in [5, 5.41) is 14.7. The van der Waals surface area contributed by atoms with Gasteiger partial charge >= 0.3 is 0 Å². The van der Waals surface area contributed by atoms with E-state index in [1.54, 1.807) is 6.20 Å². The number of hydrogen-bond donors (Lipinski definition) is 3. The maximum absolute atomic E-state index is 8.58. The van der Waals surface area contributed by atoms with Gasteiger partial charge in [0.15, 0.2) is 0 Å². The second kappa shape index (κ2) is 5.37. The van der Waals surface area contributed by atoms with Gasteiger partial charge in [-0.2, -0.15) is 0 Å². The molecule has 0 aliphatic rings. The van der Waals surface area contributed by atoms with Crippen molar-refractivity contribution in [3.8, 4) is 0 Å². The lowest BCUT2D eigenvalue weighted by molar-refractivity contribution is 0.292. The van der Waals surface area contributed by atoms with Gasteiger partial charge in [-0.25, -0.2) is 4.98 Å². The number of rotatable bonds is 5. The van der Waals surface area contributed by atoms with Crippen molar-refractivity contribution in [1.29, 1.82) is 0 Å². The monoisotopic (exact) mass is 181 g/mol. The first-order valence-corrected chi connectivity index (χ1v) is 4.35. The van der Waals surface area contributed by atoms with Crippen LogP contribution in [0.5, 0.6) is 0 Å². The van der Waals surface area contributed by atoms with E-state index in [1.165, 1.54) is 0 Å². The summed E-state index contributed by atoms with van der Waals surface area (Å²) >= 11 is 0. The van der Waals surface area contributed by atoms with Crippen molar-refractivity contribution in [3.63, 3.8) is 0 Å². The Hall–Kier alpha value is -1.29. The normalized spacial score (nSPS) is 9.69. The third-order valence-electron chi connectivity index (χ3n) is 1.68. The summed E-state index contributed by atoms with van der Waals surface area (Å²) in [6.07, 6.45) is 2.50. The molecule has 0 aliphatic heterocycles. The molecule has 0 radical (unpaired) electrons. The predicted octanol–water partition coefficient (Wildman–Crippen LogP) is 0.918. The van der Waals surface area contributed by atoms with Crippen molar-refractivity contribution in [2.24, 2.45) is 0 Å². The smallest absolute Gasteiger partial charge is 0.127 e. The largest absolute Gasteiger partial charge is 0.396 e. The number of aromatic nitrogens is 1. The van der Waals surface area contributed by atoms with Crippen LogP contribution >= 0.6 is 0 Å². The van der Waals surface area contributed by atoms with E-state index < -0.39 is 0 Å². The van der Waals surface area contributed by atoms with Crippen LogP contribution in [0.3, 0.4) is 0 Å². The number of aliphatic hydroxyl groups is 1. The molecule has 72 valence electrons. The predicted molar refractivity (Wildman–Crippen MR) is 54.0 cm³/mol.